The van der Waals surface area contributed by atoms with Crippen molar-refractivity contribution in [3.8, 4) is 17.2 Å². The summed E-state index contributed by atoms with van der Waals surface area (Å²) in [5, 5.41) is 17.0. The number of nitrogens with one attached hydrogen (secondary N) is 2. The number of hydrogen-bond donors (Lipinski definition) is 3. The maximum absolute atomic E-state index is 9.87. The summed E-state index contributed by atoms with van der Waals surface area (Å²) in [4.78, 5) is 0. The van der Waals surface area contributed by atoms with Crippen LogP contribution in [0.2, 0.25) is 0 Å². The van der Waals surface area contributed by atoms with Crippen molar-refractivity contribution < 1.29 is 14.6 Å². The highest BCUT2D eigenvalue weighted by atomic mass is 16.5. The Balaban J connectivity index is 1.36. The SMILES string of the molecule is C=CCCNCCc1ccc(CCCNc2cc(OC)c(OC)cc2[C@@H]2CCc3cc(O)ccc3C2)cc1. The molecule has 0 radical (unpaired) electrons. The molecule has 38 heavy (non-hydrogen) atoms. The first-order valence-electron chi connectivity index (χ1n) is 13.8. The van der Waals surface area contributed by atoms with Crippen molar-refractivity contribution >= 4 is 5.69 Å². The minimum atomic E-state index is 0.349. The minimum absolute atomic E-state index is 0.349. The molecule has 0 aromatic heterocycles. The number of hydrogen-bond acceptors (Lipinski definition) is 5. The van der Waals surface area contributed by atoms with Crippen LogP contribution in [0.4, 0.5) is 5.69 Å². The average molecular weight is 515 g/mol. The third kappa shape index (κ3) is 7.32. The molecule has 4 rings (SSSR count). The van der Waals surface area contributed by atoms with Crippen molar-refractivity contribution in [1.82, 2.24) is 5.32 Å². The van der Waals surface area contributed by atoms with Gasteiger partial charge in [-0.3, -0.25) is 0 Å². The molecule has 5 heteroatoms. The predicted octanol–water partition coefficient (Wildman–Crippen LogP) is 6.43. The molecule has 3 N–H and O–H groups in total. The van der Waals surface area contributed by atoms with Gasteiger partial charge < -0.3 is 25.2 Å². The summed E-state index contributed by atoms with van der Waals surface area (Å²) < 4.78 is 11.3. The number of anilines is 1. The zero-order valence-corrected chi connectivity index (χ0v) is 22.9. The number of methoxy groups -OCH3 is 2. The molecular formula is C33H42N2O3. The van der Waals surface area contributed by atoms with Crippen LogP contribution in [0.3, 0.4) is 0 Å². The maximum atomic E-state index is 9.87. The number of rotatable bonds is 14. The monoisotopic (exact) mass is 514 g/mol. The van der Waals surface area contributed by atoms with E-state index in [0.29, 0.717) is 11.7 Å². The predicted molar refractivity (Wildman–Crippen MR) is 157 cm³/mol. The summed E-state index contributed by atoms with van der Waals surface area (Å²) >= 11 is 0. The van der Waals surface area contributed by atoms with E-state index in [4.69, 9.17) is 9.47 Å². The smallest absolute Gasteiger partial charge is 0.162 e. The Bertz CT molecular complexity index is 1190. The standard InChI is InChI=1S/C33H42N2O3/c1-4-5-17-34-19-16-25-10-8-24(9-11-25)7-6-18-35-31-23-33(38-3)32(37-2)22-30(31)28-13-12-27-21-29(36)15-14-26(27)20-28/h4,8-11,14-15,21-23,28,34-36H,1,5-7,12-13,16-20H2,2-3H3/t28-/m1/s1. The van der Waals surface area contributed by atoms with Crippen molar-refractivity contribution in [3.05, 3.63) is 95.1 Å². The first-order valence-corrected chi connectivity index (χ1v) is 13.8. The van der Waals surface area contributed by atoms with E-state index < -0.39 is 0 Å². The molecule has 0 amide bonds. The zero-order valence-electron chi connectivity index (χ0n) is 22.9. The van der Waals surface area contributed by atoms with E-state index in [0.717, 1.165) is 81.8 Å². The van der Waals surface area contributed by atoms with Gasteiger partial charge in [0.15, 0.2) is 11.5 Å². The lowest BCUT2D eigenvalue weighted by Gasteiger charge is -2.28. The van der Waals surface area contributed by atoms with Crippen LogP contribution in [0.25, 0.3) is 0 Å². The van der Waals surface area contributed by atoms with Gasteiger partial charge in [-0.05, 0) is 110 Å². The molecule has 0 saturated heterocycles. The van der Waals surface area contributed by atoms with E-state index in [1.165, 1.54) is 27.8 Å². The molecule has 5 nitrogen and oxygen atoms in total. The lowest BCUT2D eigenvalue weighted by Crippen LogP contribution is -2.17. The first-order chi connectivity index (χ1) is 18.6. The van der Waals surface area contributed by atoms with Crippen LogP contribution in [-0.2, 0) is 25.7 Å². The second kappa shape index (κ2) is 13.9. The van der Waals surface area contributed by atoms with Crippen LogP contribution in [0.5, 0.6) is 17.2 Å². The van der Waals surface area contributed by atoms with Gasteiger partial charge in [-0.25, -0.2) is 0 Å². The molecule has 1 aliphatic rings. The fraction of sp³-hybridized carbons (Fsp3) is 0.394. The van der Waals surface area contributed by atoms with E-state index in [1.54, 1.807) is 20.3 Å². The van der Waals surface area contributed by atoms with Gasteiger partial charge in [0.1, 0.15) is 5.75 Å². The number of benzene rings is 3. The molecule has 0 aliphatic heterocycles. The molecule has 0 heterocycles. The van der Waals surface area contributed by atoms with Crippen LogP contribution in [0.1, 0.15) is 53.0 Å². The van der Waals surface area contributed by atoms with Gasteiger partial charge in [0.25, 0.3) is 0 Å². The zero-order chi connectivity index (χ0) is 26.7. The molecule has 0 fully saturated rings. The number of aromatic hydroxyl groups is 1. The third-order valence-corrected chi connectivity index (χ3v) is 7.51. The van der Waals surface area contributed by atoms with Crippen LogP contribution < -0.4 is 20.1 Å². The maximum Gasteiger partial charge on any atom is 0.162 e. The molecule has 3 aromatic rings. The summed E-state index contributed by atoms with van der Waals surface area (Å²) in [5.74, 6) is 2.24. The second-order valence-electron chi connectivity index (χ2n) is 10.1. The normalized spacial score (nSPS) is 14.5. The van der Waals surface area contributed by atoms with E-state index >= 15 is 0 Å². The Kier molecular flexibility index (Phi) is 10.1. The van der Waals surface area contributed by atoms with E-state index in [9.17, 15) is 5.11 Å². The molecular weight excluding hydrogens is 472 g/mol. The minimum Gasteiger partial charge on any atom is -0.508 e. The van der Waals surface area contributed by atoms with Crippen molar-refractivity contribution in [2.75, 3.05) is 39.2 Å². The lowest BCUT2D eigenvalue weighted by molar-refractivity contribution is 0.354. The van der Waals surface area contributed by atoms with Gasteiger partial charge in [-0.15, -0.1) is 6.58 Å². The number of phenols is 1. The lowest BCUT2D eigenvalue weighted by atomic mass is 9.79. The topological polar surface area (TPSA) is 62.8 Å². The highest BCUT2D eigenvalue weighted by Gasteiger charge is 2.24. The summed E-state index contributed by atoms with van der Waals surface area (Å²) in [6.45, 7) is 6.64. The third-order valence-electron chi connectivity index (χ3n) is 7.51. The molecule has 0 spiro atoms. The molecule has 0 saturated carbocycles. The Hall–Kier alpha value is -3.44. The van der Waals surface area contributed by atoms with Crippen LogP contribution in [0.15, 0.2) is 67.3 Å². The van der Waals surface area contributed by atoms with Crippen molar-refractivity contribution in [2.24, 2.45) is 0 Å². The van der Waals surface area contributed by atoms with Crippen molar-refractivity contribution in [3.63, 3.8) is 0 Å². The summed E-state index contributed by atoms with van der Waals surface area (Å²) in [5.41, 5.74) is 7.70. The van der Waals surface area contributed by atoms with Crippen molar-refractivity contribution in [1.29, 1.82) is 0 Å². The van der Waals surface area contributed by atoms with Crippen LogP contribution >= 0.6 is 0 Å². The summed E-state index contributed by atoms with van der Waals surface area (Å²) in [7, 11) is 3.38. The fourth-order valence-corrected chi connectivity index (χ4v) is 5.34. The summed E-state index contributed by atoms with van der Waals surface area (Å²) in [6, 6.07) is 19.0. The Morgan fingerprint density at radius 2 is 1.63 bits per heavy atom. The first kappa shape index (κ1) is 27.6. The Labute approximate surface area is 227 Å². The highest BCUT2D eigenvalue weighted by Crippen LogP contribution is 2.42. The fourth-order valence-electron chi connectivity index (χ4n) is 5.34. The largest absolute Gasteiger partial charge is 0.508 e. The average Bonchev–Trinajstić information content (AvgIpc) is 2.95. The Morgan fingerprint density at radius 1 is 0.895 bits per heavy atom. The summed E-state index contributed by atoms with van der Waals surface area (Å²) in [6.07, 6.45) is 9.04. The van der Waals surface area contributed by atoms with Crippen molar-refractivity contribution in [2.45, 2.75) is 50.9 Å². The second-order valence-corrected chi connectivity index (χ2v) is 10.1. The van der Waals surface area contributed by atoms with Gasteiger partial charge in [0.2, 0.25) is 0 Å². The number of ether oxygens (including phenoxy) is 2. The number of phenolic OH excluding ortho intramolecular Hbond substituents is 1. The van der Waals surface area contributed by atoms with E-state index in [1.807, 2.05) is 12.1 Å². The van der Waals surface area contributed by atoms with Gasteiger partial charge in [-0.1, -0.05) is 36.4 Å². The van der Waals surface area contributed by atoms with Gasteiger partial charge in [0.05, 0.1) is 14.2 Å². The van der Waals surface area contributed by atoms with Gasteiger partial charge in [0, 0.05) is 18.3 Å². The van der Waals surface area contributed by atoms with Crippen LogP contribution in [-0.4, -0.2) is 39.0 Å². The van der Waals surface area contributed by atoms with E-state index in [2.05, 4.69) is 59.7 Å². The van der Waals surface area contributed by atoms with Gasteiger partial charge >= 0.3 is 0 Å². The quantitative estimate of drug-likeness (QED) is 0.171. The number of aryl methyl sites for hydroxylation is 2. The number of fused-ring (bicyclic) bond motifs is 1. The molecule has 202 valence electrons. The van der Waals surface area contributed by atoms with Crippen LogP contribution in [0, 0.1) is 0 Å². The highest BCUT2D eigenvalue weighted by molar-refractivity contribution is 5.62. The molecule has 3 aromatic carbocycles. The molecule has 1 aliphatic carbocycles. The van der Waals surface area contributed by atoms with Gasteiger partial charge in [-0.2, -0.15) is 0 Å². The molecule has 0 unspecified atom stereocenters. The van der Waals surface area contributed by atoms with E-state index in [-0.39, 0.29) is 0 Å². The Morgan fingerprint density at radius 3 is 2.37 bits per heavy atom. The molecule has 1 atom stereocenters. The molecule has 0 bridgehead atoms.